The summed E-state index contributed by atoms with van der Waals surface area (Å²) >= 11 is 0. The van der Waals surface area contributed by atoms with Crippen molar-refractivity contribution in [2.75, 3.05) is 0 Å². The first kappa shape index (κ1) is 18.6. The zero-order chi connectivity index (χ0) is 17.6. The Kier molecular flexibility index (Phi) is 6.65. The number of rotatable bonds is 8. The average molecular weight is 324 g/mol. The Hall–Kier alpha value is -2.48. The third-order valence-electron chi connectivity index (χ3n) is 3.22. The number of nitrogens with zero attached hydrogens (tertiary/aromatic N) is 1. The summed E-state index contributed by atoms with van der Waals surface area (Å²) in [7, 11) is 0. The summed E-state index contributed by atoms with van der Waals surface area (Å²) in [6.07, 6.45) is -1.36. The number of nitrogens with one attached hydrogen (secondary N) is 1. The van der Waals surface area contributed by atoms with Gasteiger partial charge in [0, 0.05) is 18.1 Å². The van der Waals surface area contributed by atoms with E-state index in [0.29, 0.717) is 0 Å². The summed E-state index contributed by atoms with van der Waals surface area (Å²) in [6.45, 7) is 3.64. The predicted molar refractivity (Wildman–Crippen MR) is 81.8 cm³/mol. The molecule has 0 aliphatic rings. The van der Waals surface area contributed by atoms with E-state index in [4.69, 9.17) is 0 Å². The van der Waals surface area contributed by atoms with Crippen LogP contribution in [0.1, 0.15) is 25.8 Å². The minimum Gasteiger partial charge on any atom is -0.480 e. The topological polar surface area (TPSA) is 130 Å². The van der Waals surface area contributed by atoms with Crippen LogP contribution >= 0.6 is 0 Å². The number of carbonyl (C=O) groups is 2. The number of carboxylic acids is 1. The predicted octanol–water partition coefficient (Wildman–Crippen LogP) is 1.11. The molecular weight excluding hydrogens is 304 g/mol. The zero-order valence-corrected chi connectivity index (χ0v) is 12.9. The Balaban J connectivity index is 2.87. The number of aliphatic hydroxyl groups excluding tert-OH is 1. The second-order valence-corrected chi connectivity index (χ2v) is 5.63. The number of carbonyl (C=O) groups excluding carboxylic acids is 1. The van der Waals surface area contributed by atoms with Gasteiger partial charge < -0.3 is 15.5 Å². The molecule has 3 N–H and O–H groups in total. The molecule has 0 aliphatic carbocycles. The Morgan fingerprint density at radius 3 is 2.43 bits per heavy atom. The lowest BCUT2D eigenvalue weighted by molar-refractivity contribution is -0.385. The standard InChI is InChI=1S/C15H20N2O6/c1-9(2)7-13(18)14(19)16-11(15(20)21)8-10-5-3-4-6-12(10)17(22)23/h3-6,9,11,13,18H,7-8H2,1-2H3,(H,16,19)(H,20,21)/t11-,13+/m0/s1. The second kappa shape index (κ2) is 8.23. The van der Waals surface area contributed by atoms with Crippen LogP contribution in [-0.4, -0.2) is 39.2 Å². The van der Waals surface area contributed by atoms with E-state index in [1.807, 2.05) is 13.8 Å². The number of amides is 1. The molecule has 0 radical (unpaired) electrons. The fraction of sp³-hybridized carbons (Fsp3) is 0.467. The van der Waals surface area contributed by atoms with Gasteiger partial charge in [-0.1, -0.05) is 32.0 Å². The fourth-order valence-electron chi connectivity index (χ4n) is 2.10. The van der Waals surface area contributed by atoms with Crippen LogP contribution in [0.25, 0.3) is 0 Å². The summed E-state index contributed by atoms with van der Waals surface area (Å²) in [4.78, 5) is 33.5. The van der Waals surface area contributed by atoms with Gasteiger partial charge in [-0.05, 0) is 12.3 Å². The number of hydrogen-bond acceptors (Lipinski definition) is 5. The molecule has 0 aromatic heterocycles. The summed E-state index contributed by atoms with van der Waals surface area (Å²) in [5.41, 5.74) is -0.0146. The Bertz CT molecular complexity index is 587. The highest BCUT2D eigenvalue weighted by Gasteiger charge is 2.27. The van der Waals surface area contributed by atoms with Crippen molar-refractivity contribution < 1.29 is 24.7 Å². The summed E-state index contributed by atoms with van der Waals surface area (Å²) in [5, 5.41) is 32.1. The molecule has 8 heteroatoms. The van der Waals surface area contributed by atoms with E-state index in [1.165, 1.54) is 18.2 Å². The number of aliphatic carboxylic acids is 1. The Morgan fingerprint density at radius 2 is 1.91 bits per heavy atom. The van der Waals surface area contributed by atoms with Gasteiger partial charge in [-0.2, -0.15) is 0 Å². The molecule has 0 spiro atoms. The maximum absolute atomic E-state index is 11.8. The van der Waals surface area contributed by atoms with Crippen LogP contribution in [0.3, 0.4) is 0 Å². The molecule has 0 fully saturated rings. The van der Waals surface area contributed by atoms with Crippen LogP contribution < -0.4 is 5.32 Å². The molecule has 1 aromatic rings. The molecule has 0 aliphatic heterocycles. The molecule has 126 valence electrons. The largest absolute Gasteiger partial charge is 0.480 e. The highest BCUT2D eigenvalue weighted by molar-refractivity contribution is 5.86. The molecule has 0 saturated heterocycles. The zero-order valence-electron chi connectivity index (χ0n) is 12.9. The maximum Gasteiger partial charge on any atom is 0.326 e. The van der Waals surface area contributed by atoms with Gasteiger partial charge in [-0.15, -0.1) is 0 Å². The molecule has 0 heterocycles. The number of hydrogen-bond donors (Lipinski definition) is 3. The third-order valence-corrected chi connectivity index (χ3v) is 3.22. The lowest BCUT2D eigenvalue weighted by atomic mass is 10.0. The van der Waals surface area contributed by atoms with Crippen molar-refractivity contribution in [3.8, 4) is 0 Å². The Labute approximate surface area is 133 Å². The fourth-order valence-corrected chi connectivity index (χ4v) is 2.10. The van der Waals surface area contributed by atoms with E-state index in [0.717, 1.165) is 0 Å². The number of benzene rings is 1. The number of aliphatic hydroxyl groups is 1. The quantitative estimate of drug-likeness (QED) is 0.485. The van der Waals surface area contributed by atoms with Crippen molar-refractivity contribution in [2.24, 2.45) is 5.92 Å². The van der Waals surface area contributed by atoms with E-state index >= 15 is 0 Å². The van der Waals surface area contributed by atoms with Crippen molar-refractivity contribution in [1.29, 1.82) is 0 Å². The van der Waals surface area contributed by atoms with E-state index in [2.05, 4.69) is 5.32 Å². The van der Waals surface area contributed by atoms with Crippen LogP contribution in [-0.2, 0) is 16.0 Å². The van der Waals surface area contributed by atoms with Gasteiger partial charge in [0.25, 0.3) is 5.69 Å². The minimum absolute atomic E-state index is 0.0641. The van der Waals surface area contributed by atoms with Gasteiger partial charge in [0.1, 0.15) is 12.1 Å². The van der Waals surface area contributed by atoms with E-state index < -0.39 is 28.9 Å². The van der Waals surface area contributed by atoms with Crippen LogP contribution in [0, 0.1) is 16.0 Å². The normalized spacial score (nSPS) is 13.4. The maximum atomic E-state index is 11.8. The van der Waals surface area contributed by atoms with Crippen LogP contribution in [0.5, 0.6) is 0 Å². The van der Waals surface area contributed by atoms with E-state index in [-0.39, 0.29) is 30.0 Å². The van der Waals surface area contributed by atoms with Crippen molar-refractivity contribution in [3.63, 3.8) is 0 Å². The summed E-state index contributed by atoms with van der Waals surface area (Å²) in [6, 6.07) is 4.37. The van der Waals surface area contributed by atoms with Crippen LogP contribution in [0.15, 0.2) is 24.3 Å². The first-order valence-corrected chi connectivity index (χ1v) is 7.16. The average Bonchev–Trinajstić information content (AvgIpc) is 2.45. The van der Waals surface area contributed by atoms with Crippen molar-refractivity contribution >= 4 is 17.6 Å². The molecule has 0 bridgehead atoms. The number of para-hydroxylation sites is 1. The first-order chi connectivity index (χ1) is 10.7. The van der Waals surface area contributed by atoms with E-state index in [9.17, 15) is 29.9 Å². The number of nitro groups is 1. The van der Waals surface area contributed by atoms with Crippen LogP contribution in [0.2, 0.25) is 0 Å². The second-order valence-electron chi connectivity index (χ2n) is 5.63. The highest BCUT2D eigenvalue weighted by atomic mass is 16.6. The first-order valence-electron chi connectivity index (χ1n) is 7.16. The number of nitro benzene ring substituents is 1. The molecule has 1 rings (SSSR count). The molecule has 23 heavy (non-hydrogen) atoms. The van der Waals surface area contributed by atoms with Crippen molar-refractivity contribution in [3.05, 3.63) is 39.9 Å². The number of carboxylic acid groups (broad SMARTS) is 1. The lowest BCUT2D eigenvalue weighted by Crippen LogP contribution is -2.47. The molecule has 1 aromatic carbocycles. The van der Waals surface area contributed by atoms with Gasteiger partial charge in [0.2, 0.25) is 5.91 Å². The Morgan fingerprint density at radius 1 is 1.30 bits per heavy atom. The molecule has 8 nitrogen and oxygen atoms in total. The lowest BCUT2D eigenvalue weighted by Gasteiger charge is -2.18. The molecule has 0 saturated carbocycles. The molecule has 2 atom stereocenters. The monoisotopic (exact) mass is 324 g/mol. The third kappa shape index (κ3) is 5.67. The minimum atomic E-state index is -1.36. The molecule has 1 amide bonds. The summed E-state index contributed by atoms with van der Waals surface area (Å²) < 4.78 is 0. The van der Waals surface area contributed by atoms with E-state index in [1.54, 1.807) is 6.07 Å². The van der Waals surface area contributed by atoms with Gasteiger partial charge in [0.05, 0.1) is 4.92 Å². The molecule has 0 unspecified atom stereocenters. The molecular formula is C15H20N2O6. The van der Waals surface area contributed by atoms with Gasteiger partial charge >= 0.3 is 5.97 Å². The summed E-state index contributed by atoms with van der Waals surface area (Å²) in [5.74, 6) is -2.06. The highest BCUT2D eigenvalue weighted by Crippen LogP contribution is 2.19. The van der Waals surface area contributed by atoms with Crippen molar-refractivity contribution in [1.82, 2.24) is 5.32 Å². The van der Waals surface area contributed by atoms with Crippen LogP contribution in [0.4, 0.5) is 5.69 Å². The van der Waals surface area contributed by atoms with Gasteiger partial charge in [-0.3, -0.25) is 14.9 Å². The van der Waals surface area contributed by atoms with Gasteiger partial charge in [-0.25, -0.2) is 4.79 Å². The van der Waals surface area contributed by atoms with Gasteiger partial charge in [0.15, 0.2) is 0 Å². The smallest absolute Gasteiger partial charge is 0.326 e. The SMILES string of the molecule is CC(C)C[C@@H](O)C(=O)N[C@@H](Cc1ccccc1[N+](=O)[O-])C(=O)O. The van der Waals surface area contributed by atoms with Crippen molar-refractivity contribution in [2.45, 2.75) is 38.8 Å².